The summed E-state index contributed by atoms with van der Waals surface area (Å²) in [5.41, 5.74) is 6.80. The van der Waals surface area contributed by atoms with Gasteiger partial charge in [-0.05, 0) is 18.2 Å². The quantitative estimate of drug-likeness (QED) is 0.824. The average Bonchev–Trinajstić information content (AvgIpc) is 2.60. The van der Waals surface area contributed by atoms with E-state index in [9.17, 15) is 4.79 Å². The van der Waals surface area contributed by atoms with Crippen LogP contribution in [-0.4, -0.2) is 18.2 Å². The topological polar surface area (TPSA) is 58.7 Å². The second-order valence-electron chi connectivity index (χ2n) is 3.23. The average molecular weight is 224 g/mol. The molecule has 0 saturated heterocycles. The highest BCUT2D eigenvalue weighted by atomic mass is 35.5. The monoisotopic (exact) mass is 223 g/mol. The van der Waals surface area contributed by atoms with Crippen molar-refractivity contribution in [1.82, 2.24) is 0 Å². The number of anilines is 1. The number of amides is 1. The molecule has 0 unspecified atom stereocenters. The number of rotatable bonds is 2. The van der Waals surface area contributed by atoms with Crippen molar-refractivity contribution in [2.24, 2.45) is 10.8 Å². The molecule has 0 bridgehead atoms. The zero-order chi connectivity index (χ0) is 10.8. The van der Waals surface area contributed by atoms with Crippen LogP contribution in [0.3, 0.4) is 0 Å². The van der Waals surface area contributed by atoms with E-state index in [2.05, 4.69) is 5.10 Å². The van der Waals surface area contributed by atoms with Crippen LogP contribution in [0.5, 0.6) is 0 Å². The summed E-state index contributed by atoms with van der Waals surface area (Å²) < 4.78 is 0. The number of nitrogens with zero attached hydrogens (tertiary/aromatic N) is 2. The maximum Gasteiger partial charge on any atom is 0.253 e. The van der Waals surface area contributed by atoms with Gasteiger partial charge >= 0.3 is 0 Å². The smallest absolute Gasteiger partial charge is 0.253 e. The summed E-state index contributed by atoms with van der Waals surface area (Å²) in [5, 5.41) is 6.04. The molecule has 1 heterocycles. The normalized spacial score (nSPS) is 15.7. The third kappa shape index (κ3) is 2.00. The van der Waals surface area contributed by atoms with Gasteiger partial charge in [-0.15, -0.1) is 0 Å². The summed E-state index contributed by atoms with van der Waals surface area (Å²) in [4.78, 5) is 11.6. The van der Waals surface area contributed by atoms with E-state index in [1.165, 1.54) is 5.01 Å². The molecule has 0 spiro atoms. The summed E-state index contributed by atoms with van der Waals surface area (Å²) >= 11 is 5.83. The highest BCUT2D eigenvalue weighted by Gasteiger charge is 2.24. The van der Waals surface area contributed by atoms with Crippen LogP contribution in [0, 0.1) is 0 Å². The molecule has 0 aromatic heterocycles. The van der Waals surface area contributed by atoms with Crippen LogP contribution in [-0.2, 0) is 4.79 Å². The van der Waals surface area contributed by atoms with Gasteiger partial charge in [0.25, 0.3) is 5.91 Å². The maximum absolute atomic E-state index is 11.6. The van der Waals surface area contributed by atoms with Crippen molar-refractivity contribution in [3.63, 3.8) is 0 Å². The molecule has 0 fully saturated rings. The van der Waals surface area contributed by atoms with Crippen LogP contribution in [0.25, 0.3) is 0 Å². The van der Waals surface area contributed by atoms with E-state index < -0.39 is 0 Å². The van der Waals surface area contributed by atoms with Crippen LogP contribution in [0.15, 0.2) is 29.4 Å². The Morgan fingerprint density at radius 3 is 2.93 bits per heavy atom. The van der Waals surface area contributed by atoms with E-state index in [1.807, 2.05) is 0 Å². The summed E-state index contributed by atoms with van der Waals surface area (Å²) in [6, 6.07) is 7.01. The Bertz CT molecular complexity index is 430. The number of hydrogen-bond acceptors (Lipinski definition) is 3. The van der Waals surface area contributed by atoms with E-state index in [4.69, 9.17) is 17.3 Å². The SMILES string of the molecule is NCC1=NN(c2cccc(Cl)c2)C(=O)C1. The van der Waals surface area contributed by atoms with E-state index >= 15 is 0 Å². The molecule has 4 nitrogen and oxygen atoms in total. The molecule has 0 aliphatic carbocycles. The molecular weight excluding hydrogens is 214 g/mol. The molecule has 1 aromatic carbocycles. The summed E-state index contributed by atoms with van der Waals surface area (Å²) in [6.45, 7) is 0.308. The lowest BCUT2D eigenvalue weighted by molar-refractivity contribution is -0.116. The molecule has 78 valence electrons. The van der Waals surface area contributed by atoms with Gasteiger partial charge in [0.1, 0.15) is 0 Å². The van der Waals surface area contributed by atoms with Crippen molar-refractivity contribution < 1.29 is 4.79 Å². The van der Waals surface area contributed by atoms with Gasteiger partial charge in [0.15, 0.2) is 0 Å². The molecule has 2 rings (SSSR count). The standard InChI is InChI=1S/C10H10ClN3O/c11-7-2-1-3-9(4-7)14-10(15)5-8(6-12)13-14/h1-4H,5-6,12H2. The van der Waals surface area contributed by atoms with Crippen LogP contribution in [0.2, 0.25) is 5.02 Å². The minimum absolute atomic E-state index is 0.0716. The number of hydrazone groups is 1. The Balaban J connectivity index is 2.32. The lowest BCUT2D eigenvalue weighted by Gasteiger charge is -2.11. The first-order valence-corrected chi connectivity index (χ1v) is 4.93. The maximum atomic E-state index is 11.6. The van der Waals surface area contributed by atoms with Crippen molar-refractivity contribution in [2.75, 3.05) is 11.6 Å². The number of carbonyl (C=O) groups is 1. The minimum Gasteiger partial charge on any atom is -0.325 e. The predicted molar refractivity (Wildman–Crippen MR) is 60.0 cm³/mol. The molecule has 1 aliphatic rings. The zero-order valence-corrected chi connectivity index (χ0v) is 8.74. The number of carbonyl (C=O) groups excluding carboxylic acids is 1. The first-order chi connectivity index (χ1) is 7.20. The Morgan fingerprint density at radius 1 is 1.53 bits per heavy atom. The first kappa shape index (κ1) is 10.1. The molecule has 15 heavy (non-hydrogen) atoms. The number of halogens is 1. The van der Waals surface area contributed by atoms with Crippen LogP contribution < -0.4 is 10.7 Å². The fourth-order valence-electron chi connectivity index (χ4n) is 1.40. The fourth-order valence-corrected chi connectivity index (χ4v) is 1.59. The molecule has 0 atom stereocenters. The van der Waals surface area contributed by atoms with Crippen molar-refractivity contribution >= 4 is 28.9 Å². The number of nitrogens with two attached hydrogens (primary N) is 1. The highest BCUT2D eigenvalue weighted by Crippen LogP contribution is 2.23. The Morgan fingerprint density at radius 2 is 2.33 bits per heavy atom. The third-order valence-corrected chi connectivity index (χ3v) is 2.36. The second kappa shape index (κ2) is 4.00. The molecule has 0 radical (unpaired) electrons. The molecule has 1 aromatic rings. The Labute approximate surface area is 92.3 Å². The Kier molecular flexibility index (Phi) is 2.70. The van der Waals surface area contributed by atoms with Crippen molar-refractivity contribution in [3.05, 3.63) is 29.3 Å². The second-order valence-corrected chi connectivity index (χ2v) is 3.67. The van der Waals surface area contributed by atoms with Crippen LogP contribution >= 0.6 is 11.6 Å². The molecule has 1 amide bonds. The van der Waals surface area contributed by atoms with Crippen molar-refractivity contribution in [1.29, 1.82) is 0 Å². The van der Waals surface area contributed by atoms with Gasteiger partial charge in [0.05, 0.1) is 17.8 Å². The van der Waals surface area contributed by atoms with Crippen molar-refractivity contribution in [3.8, 4) is 0 Å². The van der Waals surface area contributed by atoms with E-state index in [0.29, 0.717) is 29.4 Å². The van der Waals surface area contributed by atoms with Gasteiger partial charge in [-0.2, -0.15) is 5.10 Å². The van der Waals surface area contributed by atoms with Gasteiger partial charge in [0, 0.05) is 11.6 Å². The molecule has 1 aliphatic heterocycles. The predicted octanol–water partition coefficient (Wildman–Crippen LogP) is 1.39. The lowest BCUT2D eigenvalue weighted by atomic mass is 10.2. The van der Waals surface area contributed by atoms with E-state index in [-0.39, 0.29) is 5.91 Å². The third-order valence-electron chi connectivity index (χ3n) is 2.12. The summed E-state index contributed by atoms with van der Waals surface area (Å²) in [7, 11) is 0. The summed E-state index contributed by atoms with van der Waals surface area (Å²) in [5.74, 6) is -0.0716. The first-order valence-electron chi connectivity index (χ1n) is 4.55. The molecule has 0 saturated carbocycles. The van der Waals surface area contributed by atoms with Gasteiger partial charge in [-0.1, -0.05) is 17.7 Å². The molecule has 2 N–H and O–H groups in total. The Hall–Kier alpha value is -1.39. The van der Waals surface area contributed by atoms with Gasteiger partial charge in [0.2, 0.25) is 0 Å². The summed E-state index contributed by atoms with van der Waals surface area (Å²) in [6.07, 6.45) is 0.295. The molecule has 5 heteroatoms. The van der Waals surface area contributed by atoms with Gasteiger partial charge < -0.3 is 5.73 Å². The lowest BCUT2D eigenvalue weighted by Crippen LogP contribution is -2.19. The van der Waals surface area contributed by atoms with Crippen LogP contribution in [0.4, 0.5) is 5.69 Å². The largest absolute Gasteiger partial charge is 0.325 e. The van der Waals surface area contributed by atoms with E-state index in [0.717, 1.165) is 0 Å². The number of benzene rings is 1. The van der Waals surface area contributed by atoms with Gasteiger partial charge in [-0.25, -0.2) is 5.01 Å². The van der Waals surface area contributed by atoms with Crippen LogP contribution in [0.1, 0.15) is 6.42 Å². The fraction of sp³-hybridized carbons (Fsp3) is 0.200. The number of hydrogen-bond donors (Lipinski definition) is 1. The zero-order valence-electron chi connectivity index (χ0n) is 7.98. The molecular formula is C10H10ClN3O. The highest BCUT2D eigenvalue weighted by molar-refractivity contribution is 6.31. The van der Waals surface area contributed by atoms with E-state index in [1.54, 1.807) is 24.3 Å². The van der Waals surface area contributed by atoms with Crippen molar-refractivity contribution in [2.45, 2.75) is 6.42 Å². The van der Waals surface area contributed by atoms with Gasteiger partial charge in [-0.3, -0.25) is 4.79 Å². The minimum atomic E-state index is -0.0716.